The van der Waals surface area contributed by atoms with Crippen LogP contribution < -0.4 is 9.47 Å². The molecule has 0 aliphatic rings. The monoisotopic (exact) mass is 330 g/mol. The first-order valence-electron chi connectivity index (χ1n) is 8.37. The van der Waals surface area contributed by atoms with E-state index >= 15 is 0 Å². The highest BCUT2D eigenvalue weighted by Gasteiger charge is 2.05. The molecule has 0 heterocycles. The van der Waals surface area contributed by atoms with Crippen LogP contribution in [-0.4, -0.2) is 32.0 Å². The van der Waals surface area contributed by atoms with Crippen molar-refractivity contribution in [3.05, 3.63) is 48.0 Å². The highest BCUT2D eigenvalue weighted by molar-refractivity contribution is 5.66. The van der Waals surface area contributed by atoms with Crippen molar-refractivity contribution in [2.45, 2.75) is 26.4 Å². The van der Waals surface area contributed by atoms with Crippen molar-refractivity contribution in [2.24, 2.45) is 0 Å². The summed E-state index contributed by atoms with van der Waals surface area (Å²) in [6.07, 6.45) is 2.23. The molecule has 24 heavy (non-hydrogen) atoms. The van der Waals surface area contributed by atoms with Gasteiger partial charge in [-0.1, -0.05) is 31.5 Å². The largest absolute Gasteiger partial charge is 0.496 e. The average Bonchev–Trinajstić information content (AvgIpc) is 2.64. The second kappa shape index (κ2) is 9.96. The van der Waals surface area contributed by atoms with Crippen molar-refractivity contribution in [1.82, 2.24) is 0 Å². The van der Waals surface area contributed by atoms with Gasteiger partial charge in [0.05, 0.1) is 20.3 Å². The third-order valence-electron chi connectivity index (χ3n) is 3.78. The summed E-state index contributed by atoms with van der Waals surface area (Å²) in [6, 6.07) is 13.7. The van der Waals surface area contributed by atoms with Crippen LogP contribution in [0.25, 0.3) is 11.1 Å². The summed E-state index contributed by atoms with van der Waals surface area (Å²) in [5, 5.41) is 9.43. The summed E-state index contributed by atoms with van der Waals surface area (Å²) in [5.74, 6) is 1.53. The van der Waals surface area contributed by atoms with Crippen molar-refractivity contribution >= 4 is 0 Å². The van der Waals surface area contributed by atoms with Gasteiger partial charge in [0.25, 0.3) is 0 Å². The van der Waals surface area contributed by atoms with E-state index in [-0.39, 0.29) is 6.61 Å². The molecule has 1 N–H and O–H groups in total. The predicted octanol–water partition coefficient (Wildman–Crippen LogP) is 4.05. The number of rotatable bonds is 10. The Morgan fingerprint density at radius 1 is 0.917 bits per heavy atom. The van der Waals surface area contributed by atoms with Crippen LogP contribution in [0, 0.1) is 0 Å². The highest BCUT2D eigenvalue weighted by atomic mass is 16.5. The number of hydrogen-bond donors (Lipinski definition) is 1. The van der Waals surface area contributed by atoms with Crippen LogP contribution in [0.15, 0.2) is 42.5 Å². The van der Waals surface area contributed by atoms with Crippen LogP contribution in [0.3, 0.4) is 0 Å². The summed E-state index contributed by atoms with van der Waals surface area (Å²) in [6.45, 7) is 4.06. The topological polar surface area (TPSA) is 47.9 Å². The van der Waals surface area contributed by atoms with Gasteiger partial charge in [-0.25, -0.2) is 0 Å². The van der Waals surface area contributed by atoms with Gasteiger partial charge in [-0.15, -0.1) is 0 Å². The zero-order chi connectivity index (χ0) is 17.2. The summed E-state index contributed by atoms with van der Waals surface area (Å²) in [4.78, 5) is 0. The van der Waals surface area contributed by atoms with Gasteiger partial charge in [0.1, 0.15) is 18.1 Å². The molecule has 0 aliphatic carbocycles. The lowest BCUT2D eigenvalue weighted by Gasteiger charge is -2.10. The van der Waals surface area contributed by atoms with E-state index in [1.54, 1.807) is 7.11 Å². The maximum absolute atomic E-state index is 9.43. The minimum atomic E-state index is -0.0454. The Balaban J connectivity index is 1.92. The second-order valence-electron chi connectivity index (χ2n) is 5.52. The number of ether oxygens (including phenoxy) is 3. The van der Waals surface area contributed by atoms with Gasteiger partial charge >= 0.3 is 0 Å². The molecule has 4 heteroatoms. The van der Waals surface area contributed by atoms with Crippen LogP contribution in [-0.2, 0) is 11.3 Å². The molecule has 4 nitrogen and oxygen atoms in total. The molecular weight excluding hydrogens is 304 g/mol. The molecular formula is C20H26O4. The fourth-order valence-corrected chi connectivity index (χ4v) is 2.39. The number of hydrogen-bond acceptors (Lipinski definition) is 4. The van der Waals surface area contributed by atoms with E-state index in [9.17, 15) is 5.11 Å². The lowest BCUT2D eigenvalue weighted by atomic mass is 10.0. The molecule has 0 saturated carbocycles. The normalized spacial score (nSPS) is 10.6. The van der Waals surface area contributed by atoms with Crippen LogP contribution in [0.4, 0.5) is 0 Å². The number of methoxy groups -OCH3 is 1. The molecule has 0 unspecified atom stereocenters. The van der Waals surface area contributed by atoms with E-state index in [1.807, 2.05) is 42.5 Å². The molecule has 0 fully saturated rings. The minimum absolute atomic E-state index is 0.0454. The Kier molecular flexibility index (Phi) is 7.59. The van der Waals surface area contributed by atoms with Crippen molar-refractivity contribution in [2.75, 3.05) is 26.9 Å². The maximum atomic E-state index is 9.43. The molecule has 2 aromatic rings. The van der Waals surface area contributed by atoms with E-state index in [4.69, 9.17) is 14.2 Å². The van der Waals surface area contributed by atoms with E-state index in [0.29, 0.717) is 19.0 Å². The van der Waals surface area contributed by atoms with Gasteiger partial charge in [-0.2, -0.15) is 0 Å². The minimum Gasteiger partial charge on any atom is -0.496 e. The smallest absolute Gasteiger partial charge is 0.124 e. The van der Waals surface area contributed by atoms with Crippen molar-refractivity contribution in [3.63, 3.8) is 0 Å². The first-order chi connectivity index (χ1) is 11.8. The number of aliphatic hydroxyl groups is 1. The molecule has 0 atom stereocenters. The fraction of sp³-hybridized carbons (Fsp3) is 0.400. The Labute approximate surface area is 144 Å². The Morgan fingerprint density at radius 2 is 1.67 bits per heavy atom. The summed E-state index contributed by atoms with van der Waals surface area (Å²) in [5.41, 5.74) is 2.88. The van der Waals surface area contributed by atoms with Crippen molar-refractivity contribution < 1.29 is 19.3 Å². The molecule has 0 amide bonds. The highest BCUT2D eigenvalue weighted by Crippen LogP contribution is 2.28. The molecule has 0 radical (unpaired) electrons. The number of aliphatic hydroxyl groups excluding tert-OH is 1. The van der Waals surface area contributed by atoms with Gasteiger partial charge in [0.15, 0.2) is 0 Å². The standard InChI is InChI=1S/C20H26O4/c1-3-4-11-23-12-13-24-19-8-5-16(6-9-19)17-7-10-20(22-2)18(14-17)15-21/h5-10,14,21H,3-4,11-13,15H2,1-2H3. The van der Waals surface area contributed by atoms with Crippen molar-refractivity contribution in [3.8, 4) is 22.6 Å². The van der Waals surface area contributed by atoms with Crippen molar-refractivity contribution in [1.29, 1.82) is 0 Å². The molecule has 0 spiro atoms. The third kappa shape index (κ3) is 5.25. The van der Waals surface area contributed by atoms with Crippen LogP contribution in [0.1, 0.15) is 25.3 Å². The zero-order valence-electron chi connectivity index (χ0n) is 14.5. The molecule has 0 aromatic heterocycles. The van der Waals surface area contributed by atoms with E-state index in [0.717, 1.165) is 41.9 Å². The van der Waals surface area contributed by atoms with E-state index in [1.165, 1.54) is 0 Å². The molecule has 130 valence electrons. The number of benzene rings is 2. The van der Waals surface area contributed by atoms with Crippen LogP contribution in [0.2, 0.25) is 0 Å². The first-order valence-corrected chi connectivity index (χ1v) is 8.37. The second-order valence-corrected chi connectivity index (χ2v) is 5.52. The lowest BCUT2D eigenvalue weighted by molar-refractivity contribution is 0.0981. The fourth-order valence-electron chi connectivity index (χ4n) is 2.39. The first kappa shape index (κ1) is 18.3. The summed E-state index contributed by atoms with van der Waals surface area (Å²) >= 11 is 0. The van der Waals surface area contributed by atoms with E-state index < -0.39 is 0 Å². The third-order valence-corrected chi connectivity index (χ3v) is 3.78. The van der Waals surface area contributed by atoms with Gasteiger partial charge in [0.2, 0.25) is 0 Å². The molecule has 0 saturated heterocycles. The van der Waals surface area contributed by atoms with Gasteiger partial charge in [-0.3, -0.25) is 0 Å². The predicted molar refractivity (Wildman–Crippen MR) is 95.6 cm³/mol. The maximum Gasteiger partial charge on any atom is 0.124 e. The van der Waals surface area contributed by atoms with Crippen LogP contribution in [0.5, 0.6) is 11.5 Å². The summed E-state index contributed by atoms with van der Waals surface area (Å²) in [7, 11) is 1.60. The molecule has 2 aromatic carbocycles. The molecule has 0 bridgehead atoms. The number of unbranched alkanes of at least 4 members (excludes halogenated alkanes) is 1. The van der Waals surface area contributed by atoms with Gasteiger partial charge in [-0.05, 0) is 41.8 Å². The van der Waals surface area contributed by atoms with Gasteiger partial charge < -0.3 is 19.3 Å². The quantitative estimate of drug-likeness (QED) is 0.668. The SMILES string of the molecule is CCCCOCCOc1ccc(-c2ccc(OC)c(CO)c2)cc1. The lowest BCUT2D eigenvalue weighted by Crippen LogP contribution is -2.07. The van der Waals surface area contributed by atoms with Crippen LogP contribution >= 0.6 is 0 Å². The van der Waals surface area contributed by atoms with E-state index in [2.05, 4.69) is 6.92 Å². The molecule has 2 rings (SSSR count). The summed E-state index contributed by atoms with van der Waals surface area (Å²) < 4.78 is 16.4. The Morgan fingerprint density at radius 3 is 2.33 bits per heavy atom. The zero-order valence-corrected chi connectivity index (χ0v) is 14.5. The molecule has 0 aliphatic heterocycles. The Hall–Kier alpha value is -2.04. The Bertz CT molecular complexity index is 608. The van der Waals surface area contributed by atoms with Gasteiger partial charge in [0, 0.05) is 12.2 Å². The average molecular weight is 330 g/mol.